The van der Waals surface area contributed by atoms with Crippen molar-refractivity contribution in [1.29, 1.82) is 0 Å². The van der Waals surface area contributed by atoms with Gasteiger partial charge in [0.25, 0.3) is 0 Å². The van der Waals surface area contributed by atoms with Crippen LogP contribution in [0.5, 0.6) is 0 Å². The minimum Gasteiger partial charge on any atom is -0.465 e. The molecule has 2 aromatic heterocycles. The molecule has 350 valence electrons. The number of hydrogen-bond acceptors (Lipinski definition) is 8. The first-order valence-electron chi connectivity index (χ1n) is 20.9. The standard InChI is InChI=1S/C21H19F3N2O2.C20H22BF3O2.C7H9BrN2O2/c1-2-28-20(27)13-26-12-19(25-14-26)18-6-4-3-5-16(18)11-15-7-9-17(10-8-15)21(22,23)24;1-18(2)19(3,4)26-21(25-18)17-8-6-5-7-15(17)13-14-9-11-16(12-10-14)20(22,23)24;1-2-12-7(11)4-10-3-6(8)9-5-10/h3-10,12,14H,2,11,13H2,1H3;5-12H,13H2,1-4H3;3,5H,2,4H2,1H3. The smallest absolute Gasteiger partial charge is 0.465 e. The van der Waals surface area contributed by atoms with E-state index in [4.69, 9.17) is 18.8 Å². The van der Waals surface area contributed by atoms with Crippen molar-refractivity contribution in [1.82, 2.24) is 19.1 Å². The number of ether oxygens (including phenoxy) is 2. The molecule has 0 amide bonds. The highest BCUT2D eigenvalue weighted by Crippen LogP contribution is 2.37. The molecule has 0 N–H and O–H groups in total. The summed E-state index contributed by atoms with van der Waals surface area (Å²) in [6.45, 7) is 12.5. The molecule has 18 heteroatoms. The van der Waals surface area contributed by atoms with E-state index in [9.17, 15) is 35.9 Å². The molecular weight excluding hydrogens is 933 g/mol. The predicted octanol–water partition coefficient (Wildman–Crippen LogP) is 10.5. The average Bonchev–Trinajstić information content (AvgIpc) is 3.94. The van der Waals surface area contributed by atoms with Crippen LogP contribution in [0.2, 0.25) is 0 Å². The van der Waals surface area contributed by atoms with Gasteiger partial charge in [0.2, 0.25) is 0 Å². The van der Waals surface area contributed by atoms with Gasteiger partial charge in [-0.1, -0.05) is 72.8 Å². The Labute approximate surface area is 388 Å². The van der Waals surface area contributed by atoms with Gasteiger partial charge in [-0.15, -0.1) is 0 Å². The van der Waals surface area contributed by atoms with Crippen molar-refractivity contribution < 1.29 is 54.7 Å². The molecule has 0 spiro atoms. The van der Waals surface area contributed by atoms with Crippen LogP contribution in [-0.4, -0.2) is 62.6 Å². The molecular formula is C48H50BBrF6N4O6. The summed E-state index contributed by atoms with van der Waals surface area (Å²) in [5.41, 5.74) is 3.76. The van der Waals surface area contributed by atoms with Crippen LogP contribution in [0.1, 0.15) is 74.9 Å². The highest BCUT2D eigenvalue weighted by Gasteiger charge is 2.52. The van der Waals surface area contributed by atoms with Gasteiger partial charge in [-0.05, 0) is 122 Å². The van der Waals surface area contributed by atoms with Crippen LogP contribution in [0.15, 0.2) is 127 Å². The number of aromatic nitrogens is 4. The van der Waals surface area contributed by atoms with Crippen molar-refractivity contribution in [3.05, 3.63) is 160 Å². The molecule has 0 aliphatic carbocycles. The molecule has 1 saturated heterocycles. The van der Waals surface area contributed by atoms with Crippen LogP contribution in [0.25, 0.3) is 11.3 Å². The van der Waals surface area contributed by atoms with Gasteiger partial charge < -0.3 is 27.9 Å². The zero-order valence-electron chi connectivity index (χ0n) is 37.3. The lowest BCUT2D eigenvalue weighted by molar-refractivity contribution is -0.144. The molecule has 1 aliphatic heterocycles. The summed E-state index contributed by atoms with van der Waals surface area (Å²) < 4.78 is 102. The molecule has 66 heavy (non-hydrogen) atoms. The third-order valence-corrected chi connectivity index (χ3v) is 11.1. The minimum atomic E-state index is -4.35. The summed E-state index contributed by atoms with van der Waals surface area (Å²) in [7, 11) is -0.495. The fourth-order valence-electron chi connectivity index (χ4n) is 6.60. The molecule has 0 saturated carbocycles. The number of hydrogen-bond donors (Lipinski definition) is 0. The van der Waals surface area contributed by atoms with Gasteiger partial charge in [-0.2, -0.15) is 26.3 Å². The summed E-state index contributed by atoms with van der Waals surface area (Å²) in [5, 5.41) is 0. The topological polar surface area (TPSA) is 107 Å². The van der Waals surface area contributed by atoms with Crippen LogP contribution < -0.4 is 5.46 Å². The van der Waals surface area contributed by atoms with E-state index in [0.29, 0.717) is 36.4 Å². The fraction of sp³-hybridized carbons (Fsp3) is 0.333. The molecule has 6 aromatic rings. The van der Waals surface area contributed by atoms with Gasteiger partial charge in [0.1, 0.15) is 17.7 Å². The molecule has 10 nitrogen and oxygen atoms in total. The molecule has 0 radical (unpaired) electrons. The lowest BCUT2D eigenvalue weighted by atomic mass is 9.75. The van der Waals surface area contributed by atoms with E-state index in [-0.39, 0.29) is 25.0 Å². The zero-order chi connectivity index (χ0) is 48.3. The summed E-state index contributed by atoms with van der Waals surface area (Å²) in [5.74, 6) is -0.591. The SMILES string of the molecule is CC1(C)OB(c2ccccc2Cc2ccc(C(F)(F)F)cc2)OC1(C)C.CCOC(=O)Cn1cnc(-c2ccccc2Cc2ccc(C(F)(F)F)cc2)c1.CCOC(=O)Cn1cnc(Br)c1. The van der Waals surface area contributed by atoms with Gasteiger partial charge in [-0.3, -0.25) is 9.59 Å². The Bertz CT molecular complexity index is 2510. The number of benzene rings is 4. The molecule has 1 aliphatic rings. The maximum Gasteiger partial charge on any atom is 0.495 e. The van der Waals surface area contributed by atoms with E-state index in [1.807, 2.05) is 76.2 Å². The number of carbonyl (C=O) groups is 2. The van der Waals surface area contributed by atoms with Crippen molar-refractivity contribution in [2.45, 2.75) is 91.0 Å². The second-order valence-corrected chi connectivity index (χ2v) is 16.9. The van der Waals surface area contributed by atoms with Crippen molar-refractivity contribution in [3.63, 3.8) is 0 Å². The van der Waals surface area contributed by atoms with E-state index in [0.717, 1.165) is 57.5 Å². The van der Waals surface area contributed by atoms with E-state index < -0.39 is 41.8 Å². The number of nitrogens with zero attached hydrogens (tertiary/aromatic N) is 4. The maximum atomic E-state index is 12.7. The second kappa shape index (κ2) is 22.2. The normalized spacial score (nSPS) is 14.1. The Morgan fingerprint density at radius 1 is 0.636 bits per heavy atom. The summed E-state index contributed by atoms with van der Waals surface area (Å²) in [4.78, 5) is 30.8. The van der Waals surface area contributed by atoms with E-state index in [1.54, 1.807) is 48.0 Å². The van der Waals surface area contributed by atoms with Gasteiger partial charge in [0.05, 0.1) is 53.9 Å². The molecule has 0 bridgehead atoms. The van der Waals surface area contributed by atoms with Crippen molar-refractivity contribution in [2.24, 2.45) is 0 Å². The first-order valence-corrected chi connectivity index (χ1v) is 21.7. The highest BCUT2D eigenvalue weighted by molar-refractivity contribution is 9.10. The van der Waals surface area contributed by atoms with Gasteiger partial charge in [0, 0.05) is 18.0 Å². The Balaban J connectivity index is 0.000000200. The van der Waals surface area contributed by atoms with Crippen LogP contribution in [0.4, 0.5) is 26.3 Å². The number of alkyl halides is 6. The minimum absolute atomic E-state index is 0.0713. The van der Waals surface area contributed by atoms with Gasteiger partial charge >= 0.3 is 31.4 Å². The zero-order valence-corrected chi connectivity index (χ0v) is 38.8. The number of rotatable bonds is 12. The van der Waals surface area contributed by atoms with E-state index >= 15 is 0 Å². The Morgan fingerprint density at radius 3 is 1.55 bits per heavy atom. The molecule has 0 unspecified atom stereocenters. The number of carbonyl (C=O) groups excluding carboxylic acids is 2. The van der Waals surface area contributed by atoms with Crippen LogP contribution in [-0.2, 0) is 66.7 Å². The number of halogens is 7. The maximum absolute atomic E-state index is 12.7. The van der Waals surface area contributed by atoms with Crippen molar-refractivity contribution in [2.75, 3.05) is 13.2 Å². The van der Waals surface area contributed by atoms with Gasteiger partial charge in [-0.25, -0.2) is 9.97 Å². The molecule has 7 rings (SSSR count). The lowest BCUT2D eigenvalue weighted by Gasteiger charge is -2.32. The predicted molar refractivity (Wildman–Crippen MR) is 242 cm³/mol. The monoisotopic (exact) mass is 982 g/mol. The summed E-state index contributed by atoms with van der Waals surface area (Å²) in [6, 6.07) is 25.7. The average molecular weight is 984 g/mol. The van der Waals surface area contributed by atoms with Crippen molar-refractivity contribution in [3.8, 4) is 11.3 Å². The molecule has 1 fully saturated rings. The van der Waals surface area contributed by atoms with Gasteiger partial charge in [0.15, 0.2) is 0 Å². The Kier molecular flexibility index (Phi) is 17.2. The fourth-order valence-corrected chi connectivity index (χ4v) is 6.95. The van der Waals surface area contributed by atoms with Crippen LogP contribution in [0, 0.1) is 0 Å². The summed E-state index contributed by atoms with van der Waals surface area (Å²) in [6.07, 6.45) is -1.08. The number of imidazole rings is 2. The van der Waals surface area contributed by atoms with E-state index in [2.05, 4.69) is 25.9 Å². The number of esters is 2. The highest BCUT2D eigenvalue weighted by atomic mass is 79.9. The Morgan fingerprint density at radius 2 is 1.08 bits per heavy atom. The molecule has 0 atom stereocenters. The molecule has 4 aromatic carbocycles. The third kappa shape index (κ3) is 14.4. The second-order valence-electron chi connectivity index (χ2n) is 16.1. The van der Waals surface area contributed by atoms with Crippen molar-refractivity contribution >= 4 is 40.4 Å². The lowest BCUT2D eigenvalue weighted by Crippen LogP contribution is -2.41. The quantitative estimate of drug-likeness (QED) is 0.0678. The molecule has 3 heterocycles. The first kappa shape index (κ1) is 51.3. The summed E-state index contributed by atoms with van der Waals surface area (Å²) >= 11 is 3.18. The van der Waals surface area contributed by atoms with Crippen LogP contribution >= 0.6 is 15.9 Å². The Hall–Kier alpha value is -5.72. The van der Waals surface area contributed by atoms with E-state index in [1.165, 1.54) is 24.3 Å². The largest absolute Gasteiger partial charge is 0.495 e. The van der Waals surface area contributed by atoms with Crippen LogP contribution in [0.3, 0.4) is 0 Å². The first-order chi connectivity index (χ1) is 31.1. The third-order valence-electron chi connectivity index (χ3n) is 10.7.